The highest BCUT2D eigenvalue weighted by atomic mass is 16.5. The Balaban J connectivity index is 3.70. The smallest absolute Gasteiger partial charge is 0.331 e. The topological polar surface area (TPSA) is 135 Å². The minimum atomic E-state index is -0.671. The second-order valence-corrected chi connectivity index (χ2v) is 6.49. The van der Waals surface area contributed by atoms with E-state index in [1.54, 1.807) is 0 Å². The van der Waals surface area contributed by atoms with Gasteiger partial charge in [-0.25, -0.2) is 19.2 Å². The molecule has 0 fully saturated rings. The second-order valence-electron chi connectivity index (χ2n) is 6.49. The van der Waals surface area contributed by atoms with Gasteiger partial charge in [0, 0.05) is 37.3 Å². The molecule has 4 N–H and O–H groups in total. The molecule has 0 radical (unpaired) electrons. The van der Waals surface area contributed by atoms with Crippen molar-refractivity contribution in [1.29, 1.82) is 0 Å². The van der Waals surface area contributed by atoms with Crippen molar-refractivity contribution in [2.45, 2.75) is 52.6 Å². The van der Waals surface area contributed by atoms with Crippen LogP contribution >= 0.6 is 0 Å². The number of esters is 2. The lowest BCUT2D eigenvalue weighted by molar-refractivity contribution is -0.140. The summed E-state index contributed by atoms with van der Waals surface area (Å²) < 4.78 is 9.79. The van der Waals surface area contributed by atoms with Crippen molar-refractivity contribution >= 4 is 24.0 Å². The van der Waals surface area contributed by atoms with Gasteiger partial charge in [0.2, 0.25) is 0 Å². The molecule has 0 spiro atoms. The summed E-state index contributed by atoms with van der Waals surface area (Å²) in [5, 5.41) is 10.6. The first-order valence-electron chi connectivity index (χ1n) is 9.31. The zero-order valence-electron chi connectivity index (χ0n) is 17.0. The van der Waals surface area contributed by atoms with Gasteiger partial charge in [0.05, 0.1) is 13.2 Å². The number of hydrogen-bond donors (Lipinski definition) is 4. The first-order valence-corrected chi connectivity index (χ1v) is 9.31. The molecule has 0 saturated heterocycles. The third kappa shape index (κ3) is 16.7. The average Bonchev–Trinajstić information content (AvgIpc) is 2.58. The van der Waals surface area contributed by atoms with E-state index in [1.165, 1.54) is 0 Å². The molecule has 0 atom stereocenters. The number of hydrogen-bond acceptors (Lipinski definition) is 6. The Morgan fingerprint density at radius 2 is 1.07 bits per heavy atom. The Labute approximate surface area is 165 Å². The Morgan fingerprint density at radius 1 is 0.714 bits per heavy atom. The lowest BCUT2D eigenvalue weighted by Gasteiger charge is -2.10. The summed E-state index contributed by atoms with van der Waals surface area (Å²) in [6, 6.07) is -0.467. The highest BCUT2D eigenvalue weighted by Crippen LogP contribution is 1.90. The van der Waals surface area contributed by atoms with Crippen molar-refractivity contribution < 1.29 is 28.7 Å². The van der Waals surface area contributed by atoms with Crippen molar-refractivity contribution in [1.82, 2.24) is 21.3 Å². The van der Waals surface area contributed by atoms with Crippen molar-refractivity contribution in [3.8, 4) is 0 Å². The summed E-state index contributed by atoms with van der Waals surface area (Å²) in [7, 11) is 0. The third-order valence-corrected chi connectivity index (χ3v) is 2.90. The Bertz CT molecular complexity index is 488. The van der Waals surface area contributed by atoms with Crippen molar-refractivity contribution in [2.75, 3.05) is 26.3 Å². The predicted molar refractivity (Wildman–Crippen MR) is 104 cm³/mol. The van der Waals surface area contributed by atoms with Gasteiger partial charge < -0.3 is 30.7 Å². The van der Waals surface area contributed by atoms with Gasteiger partial charge in [0.15, 0.2) is 0 Å². The highest BCUT2D eigenvalue weighted by Gasteiger charge is 2.04. The number of carbonyl (C=O) groups is 4. The Hall–Kier alpha value is -2.78. The number of rotatable bonds is 12. The zero-order chi connectivity index (χ0) is 21.4. The van der Waals surface area contributed by atoms with Gasteiger partial charge in [-0.2, -0.15) is 0 Å². The van der Waals surface area contributed by atoms with Crippen molar-refractivity contribution in [3.63, 3.8) is 0 Å². The summed E-state index contributed by atoms with van der Waals surface area (Å²) in [5.41, 5.74) is 0. The Kier molecular flexibility index (Phi) is 13.8. The van der Waals surface area contributed by atoms with E-state index in [0.717, 1.165) is 12.2 Å². The molecular formula is C18H32N4O6. The van der Waals surface area contributed by atoms with Gasteiger partial charge in [-0.1, -0.05) is 0 Å². The molecule has 0 aromatic rings. The maximum Gasteiger partial charge on any atom is 0.331 e. The summed E-state index contributed by atoms with van der Waals surface area (Å²) >= 11 is 0. The lowest BCUT2D eigenvalue weighted by Crippen LogP contribution is -2.40. The minimum absolute atomic E-state index is 0.0448. The van der Waals surface area contributed by atoms with Crippen LogP contribution in [0.2, 0.25) is 0 Å². The van der Waals surface area contributed by atoms with Gasteiger partial charge in [-0.15, -0.1) is 0 Å². The van der Waals surface area contributed by atoms with E-state index in [2.05, 4.69) is 21.3 Å². The molecule has 10 nitrogen and oxygen atoms in total. The molecular weight excluding hydrogens is 368 g/mol. The molecule has 10 heteroatoms. The van der Waals surface area contributed by atoms with Gasteiger partial charge >= 0.3 is 24.0 Å². The van der Waals surface area contributed by atoms with Crippen LogP contribution in [0.1, 0.15) is 40.5 Å². The Morgan fingerprint density at radius 3 is 1.39 bits per heavy atom. The third-order valence-electron chi connectivity index (χ3n) is 2.90. The molecule has 160 valence electrons. The van der Waals surface area contributed by atoms with E-state index < -0.39 is 11.9 Å². The maximum absolute atomic E-state index is 11.5. The van der Waals surface area contributed by atoms with Crippen LogP contribution in [0.3, 0.4) is 0 Å². The van der Waals surface area contributed by atoms with E-state index in [0.29, 0.717) is 25.9 Å². The molecule has 0 aliphatic rings. The summed E-state index contributed by atoms with van der Waals surface area (Å²) in [4.78, 5) is 45.5. The minimum Gasteiger partial charge on any atom is -0.462 e. The number of carbonyl (C=O) groups excluding carboxylic acids is 4. The van der Waals surface area contributed by atoms with Crippen LogP contribution < -0.4 is 21.3 Å². The maximum atomic E-state index is 11.5. The first kappa shape index (κ1) is 25.2. The van der Waals surface area contributed by atoms with Crippen LogP contribution in [0, 0.1) is 0 Å². The number of amides is 4. The molecule has 28 heavy (non-hydrogen) atoms. The first-order chi connectivity index (χ1) is 13.2. The van der Waals surface area contributed by atoms with Crippen LogP contribution in [0.25, 0.3) is 0 Å². The number of urea groups is 2. The molecule has 0 aliphatic carbocycles. The quantitative estimate of drug-likeness (QED) is 0.218. The fraction of sp³-hybridized carbons (Fsp3) is 0.667. The fourth-order valence-electron chi connectivity index (χ4n) is 1.75. The van der Waals surface area contributed by atoms with Crippen LogP contribution in [0.4, 0.5) is 9.59 Å². The van der Waals surface area contributed by atoms with Crippen molar-refractivity contribution in [3.05, 3.63) is 12.2 Å². The number of ether oxygens (including phenoxy) is 2. The summed E-state index contributed by atoms with van der Waals surface area (Å²) in [6.07, 6.45) is 2.87. The highest BCUT2D eigenvalue weighted by molar-refractivity contribution is 5.91. The molecule has 0 aromatic carbocycles. The van der Waals surface area contributed by atoms with Gasteiger partial charge in [0.25, 0.3) is 0 Å². The average molecular weight is 400 g/mol. The monoisotopic (exact) mass is 400 g/mol. The standard InChI is InChI=1S/C18H32N4O6/c1-13(2)21-17(25)19-9-5-11-27-15(23)7-8-16(24)28-12-6-10-20-18(26)22-14(3)4/h7-8,13-14H,5-6,9-12H2,1-4H3,(H2,19,21,25)(H2,20,22,26)/b8-7+. The number of nitrogens with one attached hydrogen (secondary N) is 4. The van der Waals surface area contributed by atoms with Crippen LogP contribution in [-0.2, 0) is 19.1 Å². The normalized spacial score (nSPS) is 10.6. The van der Waals surface area contributed by atoms with E-state index in [-0.39, 0.29) is 37.4 Å². The van der Waals surface area contributed by atoms with Crippen LogP contribution in [-0.4, -0.2) is 62.4 Å². The van der Waals surface area contributed by atoms with E-state index in [4.69, 9.17) is 9.47 Å². The molecule has 0 heterocycles. The van der Waals surface area contributed by atoms with E-state index in [9.17, 15) is 19.2 Å². The van der Waals surface area contributed by atoms with E-state index in [1.807, 2.05) is 27.7 Å². The molecule has 0 unspecified atom stereocenters. The second kappa shape index (κ2) is 15.3. The summed E-state index contributed by atoms with van der Waals surface area (Å²) in [6.45, 7) is 8.35. The van der Waals surface area contributed by atoms with Crippen LogP contribution in [0.15, 0.2) is 12.2 Å². The molecule has 4 amide bonds. The fourth-order valence-corrected chi connectivity index (χ4v) is 1.75. The molecule has 0 bridgehead atoms. The van der Waals surface area contributed by atoms with Crippen LogP contribution in [0.5, 0.6) is 0 Å². The zero-order valence-corrected chi connectivity index (χ0v) is 17.0. The van der Waals surface area contributed by atoms with Crippen molar-refractivity contribution in [2.24, 2.45) is 0 Å². The summed E-state index contributed by atoms with van der Waals surface area (Å²) in [5.74, 6) is -1.34. The van der Waals surface area contributed by atoms with Gasteiger partial charge in [-0.05, 0) is 40.5 Å². The molecule has 0 saturated carbocycles. The molecule has 0 aliphatic heterocycles. The van der Waals surface area contributed by atoms with Gasteiger partial charge in [-0.3, -0.25) is 0 Å². The van der Waals surface area contributed by atoms with Gasteiger partial charge in [0.1, 0.15) is 0 Å². The predicted octanol–water partition coefficient (Wildman–Crippen LogP) is 0.824. The SMILES string of the molecule is CC(C)NC(=O)NCCCOC(=O)/C=C/C(=O)OCCCNC(=O)NC(C)C. The lowest BCUT2D eigenvalue weighted by atomic mass is 10.4. The molecule has 0 rings (SSSR count). The molecule has 0 aromatic heterocycles. The largest absolute Gasteiger partial charge is 0.462 e. The van der Waals surface area contributed by atoms with E-state index >= 15 is 0 Å².